The van der Waals surface area contributed by atoms with E-state index in [1.165, 1.54) is 57.4 Å². The molecule has 3 heteroatoms. The highest BCUT2D eigenvalue weighted by atomic mass is 28.4. The number of unbranched alkanes of at least 4 members (excludes halogenated alkanes) is 7. The SMILES string of the molecule is C=CC(=O)O[Si](C)(C)CCCCCCCCCC. The van der Waals surface area contributed by atoms with Crippen molar-refractivity contribution in [2.75, 3.05) is 0 Å². The molecule has 0 aromatic rings. The lowest BCUT2D eigenvalue weighted by molar-refractivity contribution is -0.129. The van der Waals surface area contributed by atoms with Crippen LogP contribution in [0.1, 0.15) is 58.3 Å². The van der Waals surface area contributed by atoms with Gasteiger partial charge in [-0.1, -0.05) is 64.9 Å². The number of carbonyl (C=O) groups excluding carboxylic acids is 1. The molecule has 0 unspecified atom stereocenters. The molecular formula is C15H30O2Si. The lowest BCUT2D eigenvalue weighted by atomic mass is 10.1. The van der Waals surface area contributed by atoms with Crippen LogP contribution in [0.25, 0.3) is 0 Å². The minimum absolute atomic E-state index is 0.258. The van der Waals surface area contributed by atoms with E-state index in [4.69, 9.17) is 4.43 Å². The summed E-state index contributed by atoms with van der Waals surface area (Å²) in [5, 5.41) is 0. The van der Waals surface area contributed by atoms with Crippen LogP contribution >= 0.6 is 0 Å². The van der Waals surface area contributed by atoms with Gasteiger partial charge < -0.3 is 4.43 Å². The molecule has 0 aliphatic carbocycles. The molecule has 0 aliphatic rings. The molecule has 0 aromatic carbocycles. The van der Waals surface area contributed by atoms with Gasteiger partial charge >= 0.3 is 5.97 Å². The Morgan fingerprint density at radius 2 is 1.56 bits per heavy atom. The quantitative estimate of drug-likeness (QED) is 0.298. The summed E-state index contributed by atoms with van der Waals surface area (Å²) in [6.45, 7) is 9.90. The lowest BCUT2D eigenvalue weighted by Crippen LogP contribution is -2.32. The van der Waals surface area contributed by atoms with Crippen molar-refractivity contribution in [3.8, 4) is 0 Å². The summed E-state index contributed by atoms with van der Waals surface area (Å²) in [6.07, 6.45) is 11.9. The van der Waals surface area contributed by atoms with Crippen LogP contribution in [-0.2, 0) is 9.22 Å². The fourth-order valence-corrected chi connectivity index (χ4v) is 3.88. The Morgan fingerprint density at radius 3 is 2.06 bits per heavy atom. The second-order valence-corrected chi connectivity index (χ2v) is 9.83. The average molecular weight is 270 g/mol. The maximum absolute atomic E-state index is 11.2. The number of hydrogen-bond acceptors (Lipinski definition) is 2. The molecular weight excluding hydrogens is 240 g/mol. The summed E-state index contributed by atoms with van der Waals surface area (Å²) in [6, 6.07) is 1.07. The number of rotatable bonds is 11. The maximum Gasteiger partial charge on any atom is 0.316 e. The van der Waals surface area contributed by atoms with Crippen molar-refractivity contribution in [1.82, 2.24) is 0 Å². The van der Waals surface area contributed by atoms with E-state index >= 15 is 0 Å². The zero-order valence-electron chi connectivity index (χ0n) is 12.5. The van der Waals surface area contributed by atoms with Gasteiger partial charge in [0.15, 0.2) is 0 Å². The summed E-state index contributed by atoms with van der Waals surface area (Å²) in [4.78, 5) is 11.2. The van der Waals surface area contributed by atoms with Crippen LogP contribution in [0.4, 0.5) is 0 Å². The second-order valence-electron chi connectivity index (χ2n) is 5.61. The van der Waals surface area contributed by atoms with Crippen LogP contribution in [0.15, 0.2) is 12.7 Å². The van der Waals surface area contributed by atoms with Gasteiger partial charge in [0.2, 0.25) is 8.32 Å². The molecule has 0 saturated heterocycles. The van der Waals surface area contributed by atoms with Gasteiger partial charge in [-0.15, -0.1) is 0 Å². The van der Waals surface area contributed by atoms with Crippen molar-refractivity contribution >= 4 is 14.3 Å². The van der Waals surface area contributed by atoms with E-state index in [2.05, 4.69) is 26.6 Å². The first-order valence-corrected chi connectivity index (χ1v) is 10.5. The molecule has 2 nitrogen and oxygen atoms in total. The smallest absolute Gasteiger partial charge is 0.316 e. The van der Waals surface area contributed by atoms with Crippen LogP contribution in [0.5, 0.6) is 0 Å². The van der Waals surface area contributed by atoms with E-state index in [0.29, 0.717) is 0 Å². The molecule has 0 aliphatic heterocycles. The Balaban J connectivity index is 3.46. The minimum Gasteiger partial charge on any atom is -0.517 e. The predicted octanol–water partition coefficient (Wildman–Crippen LogP) is 5.06. The molecule has 0 amide bonds. The van der Waals surface area contributed by atoms with Crippen LogP contribution < -0.4 is 0 Å². The molecule has 0 saturated carbocycles. The maximum atomic E-state index is 11.2. The molecule has 0 fully saturated rings. The van der Waals surface area contributed by atoms with Crippen molar-refractivity contribution in [3.63, 3.8) is 0 Å². The molecule has 0 rings (SSSR count). The standard InChI is InChI=1S/C15H30O2Si/c1-5-7-8-9-10-11-12-13-14-18(3,4)17-15(16)6-2/h6H,2,5,7-14H2,1,3-4H3. The Morgan fingerprint density at radius 1 is 1.06 bits per heavy atom. The van der Waals surface area contributed by atoms with Crippen LogP contribution in [0, 0.1) is 0 Å². The largest absolute Gasteiger partial charge is 0.517 e. The summed E-state index contributed by atoms with van der Waals surface area (Å²) >= 11 is 0. The first-order valence-electron chi connectivity index (χ1n) is 7.37. The normalized spacial score (nSPS) is 11.3. The van der Waals surface area contributed by atoms with E-state index in [1.54, 1.807) is 0 Å². The van der Waals surface area contributed by atoms with Gasteiger partial charge in [0.25, 0.3) is 0 Å². The summed E-state index contributed by atoms with van der Waals surface area (Å²) in [5.74, 6) is -0.258. The van der Waals surface area contributed by atoms with Crippen LogP contribution in [-0.4, -0.2) is 14.3 Å². The minimum atomic E-state index is -1.79. The van der Waals surface area contributed by atoms with E-state index < -0.39 is 8.32 Å². The summed E-state index contributed by atoms with van der Waals surface area (Å²) in [7, 11) is -1.79. The molecule has 0 heterocycles. The van der Waals surface area contributed by atoms with Crippen molar-refractivity contribution in [3.05, 3.63) is 12.7 Å². The second kappa shape index (κ2) is 10.4. The molecule has 0 N–H and O–H groups in total. The average Bonchev–Trinajstić information content (AvgIpc) is 2.31. The molecule has 0 aromatic heterocycles. The Bertz CT molecular complexity index is 237. The molecule has 18 heavy (non-hydrogen) atoms. The third-order valence-electron chi connectivity index (χ3n) is 3.18. The van der Waals surface area contributed by atoms with Gasteiger partial charge in [0.05, 0.1) is 0 Å². The monoisotopic (exact) mass is 270 g/mol. The molecule has 0 spiro atoms. The third-order valence-corrected chi connectivity index (χ3v) is 5.49. The summed E-state index contributed by atoms with van der Waals surface area (Å²) in [5.41, 5.74) is 0. The Hall–Kier alpha value is -0.573. The highest BCUT2D eigenvalue weighted by Gasteiger charge is 2.25. The van der Waals surface area contributed by atoms with Crippen LogP contribution in [0.2, 0.25) is 19.1 Å². The first-order chi connectivity index (χ1) is 8.52. The zero-order chi connectivity index (χ0) is 13.9. The number of hydrogen-bond donors (Lipinski definition) is 0. The molecule has 0 radical (unpaired) electrons. The Labute approximate surface area is 114 Å². The Kier molecular flexibility index (Phi) is 10.0. The predicted molar refractivity (Wildman–Crippen MR) is 81.2 cm³/mol. The van der Waals surface area contributed by atoms with Crippen molar-refractivity contribution < 1.29 is 9.22 Å². The summed E-state index contributed by atoms with van der Waals surface area (Å²) < 4.78 is 5.43. The first kappa shape index (κ1) is 17.4. The fourth-order valence-electron chi connectivity index (χ4n) is 2.05. The lowest BCUT2D eigenvalue weighted by Gasteiger charge is -2.21. The zero-order valence-corrected chi connectivity index (χ0v) is 13.5. The van der Waals surface area contributed by atoms with E-state index in [9.17, 15) is 4.79 Å². The highest BCUT2D eigenvalue weighted by Crippen LogP contribution is 2.17. The third kappa shape index (κ3) is 10.6. The van der Waals surface area contributed by atoms with Gasteiger partial charge in [-0.3, -0.25) is 0 Å². The topological polar surface area (TPSA) is 26.3 Å². The highest BCUT2D eigenvalue weighted by molar-refractivity contribution is 6.72. The fraction of sp³-hybridized carbons (Fsp3) is 0.800. The van der Waals surface area contributed by atoms with Gasteiger partial charge in [0.1, 0.15) is 0 Å². The van der Waals surface area contributed by atoms with Gasteiger partial charge in [-0.25, -0.2) is 4.79 Å². The van der Waals surface area contributed by atoms with Crippen molar-refractivity contribution in [1.29, 1.82) is 0 Å². The molecule has 106 valence electrons. The molecule has 0 bridgehead atoms. The molecule has 0 atom stereocenters. The van der Waals surface area contributed by atoms with Gasteiger partial charge in [-0.05, 0) is 19.1 Å². The van der Waals surface area contributed by atoms with Gasteiger partial charge in [-0.2, -0.15) is 0 Å². The van der Waals surface area contributed by atoms with E-state index in [0.717, 1.165) is 6.04 Å². The van der Waals surface area contributed by atoms with Crippen molar-refractivity contribution in [2.24, 2.45) is 0 Å². The number of carbonyl (C=O) groups is 1. The van der Waals surface area contributed by atoms with Crippen LogP contribution in [0.3, 0.4) is 0 Å². The van der Waals surface area contributed by atoms with Crippen molar-refractivity contribution in [2.45, 2.75) is 77.4 Å². The van der Waals surface area contributed by atoms with E-state index in [1.807, 2.05) is 0 Å². The van der Waals surface area contributed by atoms with E-state index in [-0.39, 0.29) is 5.97 Å². The van der Waals surface area contributed by atoms with Gasteiger partial charge in [0, 0.05) is 6.08 Å².